The SMILES string of the molecule is Clc1ccc(N2CCN(Cc3ccc(Br)cn3)CC2)c(Cl)c1. The lowest BCUT2D eigenvalue weighted by Gasteiger charge is -2.36. The number of aromatic nitrogens is 1. The fraction of sp³-hybridized carbons (Fsp3) is 0.312. The molecule has 0 saturated carbocycles. The quantitative estimate of drug-likeness (QED) is 0.757. The van der Waals surface area contributed by atoms with Gasteiger partial charge in [-0.2, -0.15) is 0 Å². The minimum absolute atomic E-state index is 0.675. The fourth-order valence-electron chi connectivity index (χ4n) is 2.61. The minimum Gasteiger partial charge on any atom is -0.368 e. The van der Waals surface area contributed by atoms with E-state index in [1.807, 2.05) is 24.4 Å². The van der Waals surface area contributed by atoms with Gasteiger partial charge in [0.15, 0.2) is 0 Å². The molecule has 0 aliphatic carbocycles. The first-order valence-electron chi connectivity index (χ1n) is 7.14. The van der Waals surface area contributed by atoms with Crippen molar-refractivity contribution in [2.75, 3.05) is 31.1 Å². The van der Waals surface area contributed by atoms with Gasteiger partial charge in [-0.1, -0.05) is 23.2 Å². The van der Waals surface area contributed by atoms with Crippen LogP contribution < -0.4 is 4.90 Å². The predicted octanol–water partition coefficient (Wildman–Crippen LogP) is 4.47. The summed E-state index contributed by atoms with van der Waals surface area (Å²) in [5.41, 5.74) is 2.16. The van der Waals surface area contributed by atoms with Crippen molar-refractivity contribution in [3.63, 3.8) is 0 Å². The van der Waals surface area contributed by atoms with Crippen molar-refractivity contribution in [3.05, 3.63) is 56.7 Å². The van der Waals surface area contributed by atoms with E-state index < -0.39 is 0 Å². The summed E-state index contributed by atoms with van der Waals surface area (Å²) in [7, 11) is 0. The van der Waals surface area contributed by atoms with Gasteiger partial charge >= 0.3 is 0 Å². The highest BCUT2D eigenvalue weighted by atomic mass is 79.9. The molecule has 0 spiro atoms. The third kappa shape index (κ3) is 3.93. The first-order chi connectivity index (χ1) is 10.6. The lowest BCUT2D eigenvalue weighted by Crippen LogP contribution is -2.46. The van der Waals surface area contributed by atoms with E-state index in [0.29, 0.717) is 5.02 Å². The average molecular weight is 401 g/mol. The summed E-state index contributed by atoms with van der Waals surface area (Å²) in [5, 5.41) is 1.39. The van der Waals surface area contributed by atoms with Crippen LogP contribution in [0.5, 0.6) is 0 Å². The zero-order chi connectivity index (χ0) is 15.5. The Morgan fingerprint density at radius 1 is 1.05 bits per heavy atom. The molecule has 0 bridgehead atoms. The van der Waals surface area contributed by atoms with Crippen LogP contribution in [0.4, 0.5) is 5.69 Å². The molecule has 1 fully saturated rings. The van der Waals surface area contributed by atoms with Gasteiger partial charge in [0.2, 0.25) is 0 Å². The van der Waals surface area contributed by atoms with Crippen LogP contribution in [0.3, 0.4) is 0 Å². The Morgan fingerprint density at radius 3 is 2.45 bits per heavy atom. The van der Waals surface area contributed by atoms with E-state index in [0.717, 1.165) is 53.6 Å². The van der Waals surface area contributed by atoms with Crippen molar-refractivity contribution < 1.29 is 0 Å². The molecule has 22 heavy (non-hydrogen) atoms. The van der Waals surface area contributed by atoms with Crippen molar-refractivity contribution in [2.45, 2.75) is 6.54 Å². The molecule has 2 aromatic rings. The number of hydrogen-bond acceptors (Lipinski definition) is 3. The van der Waals surface area contributed by atoms with Crippen molar-refractivity contribution in [1.82, 2.24) is 9.88 Å². The number of benzene rings is 1. The fourth-order valence-corrected chi connectivity index (χ4v) is 3.38. The number of halogens is 3. The van der Waals surface area contributed by atoms with E-state index in [1.165, 1.54) is 0 Å². The number of nitrogens with zero attached hydrogens (tertiary/aromatic N) is 3. The maximum atomic E-state index is 6.29. The molecular weight excluding hydrogens is 385 g/mol. The van der Waals surface area contributed by atoms with Crippen LogP contribution >= 0.6 is 39.1 Å². The molecule has 2 heterocycles. The molecule has 0 N–H and O–H groups in total. The Hall–Kier alpha value is -0.810. The second-order valence-electron chi connectivity index (χ2n) is 5.33. The summed E-state index contributed by atoms with van der Waals surface area (Å²) in [6.07, 6.45) is 1.85. The van der Waals surface area contributed by atoms with E-state index in [-0.39, 0.29) is 0 Å². The Balaban J connectivity index is 1.59. The Labute approximate surface area is 149 Å². The highest BCUT2D eigenvalue weighted by Crippen LogP contribution is 2.29. The van der Waals surface area contributed by atoms with E-state index in [9.17, 15) is 0 Å². The first kappa shape index (κ1) is 16.1. The molecule has 1 aliphatic rings. The van der Waals surface area contributed by atoms with Crippen LogP contribution in [0.1, 0.15) is 5.69 Å². The van der Waals surface area contributed by atoms with E-state index in [2.05, 4.69) is 36.8 Å². The monoisotopic (exact) mass is 399 g/mol. The summed E-state index contributed by atoms with van der Waals surface area (Å²) in [6, 6.07) is 9.78. The lowest BCUT2D eigenvalue weighted by atomic mass is 10.2. The molecule has 0 atom stereocenters. The molecule has 1 aliphatic heterocycles. The number of pyridine rings is 1. The van der Waals surface area contributed by atoms with Gasteiger partial charge in [-0.05, 0) is 46.3 Å². The normalized spacial score (nSPS) is 16.0. The second-order valence-corrected chi connectivity index (χ2v) is 7.09. The highest BCUT2D eigenvalue weighted by molar-refractivity contribution is 9.10. The molecule has 3 rings (SSSR count). The molecule has 3 nitrogen and oxygen atoms in total. The summed E-state index contributed by atoms with van der Waals surface area (Å²) in [4.78, 5) is 9.16. The van der Waals surface area contributed by atoms with Gasteiger partial charge in [0, 0.05) is 48.4 Å². The first-order valence-corrected chi connectivity index (χ1v) is 8.69. The van der Waals surface area contributed by atoms with Gasteiger partial charge in [0.05, 0.1) is 16.4 Å². The third-order valence-electron chi connectivity index (χ3n) is 3.80. The molecule has 6 heteroatoms. The maximum absolute atomic E-state index is 6.29. The van der Waals surface area contributed by atoms with Gasteiger partial charge in [-0.15, -0.1) is 0 Å². The number of anilines is 1. The molecule has 1 aromatic carbocycles. The zero-order valence-electron chi connectivity index (χ0n) is 12.0. The average Bonchev–Trinajstić information content (AvgIpc) is 2.51. The van der Waals surface area contributed by atoms with Crippen molar-refractivity contribution in [1.29, 1.82) is 0 Å². The van der Waals surface area contributed by atoms with Gasteiger partial charge in [-0.3, -0.25) is 9.88 Å². The van der Waals surface area contributed by atoms with Crippen LogP contribution in [0.2, 0.25) is 10.0 Å². The van der Waals surface area contributed by atoms with Crippen molar-refractivity contribution in [3.8, 4) is 0 Å². The smallest absolute Gasteiger partial charge is 0.0654 e. The Kier molecular flexibility index (Phi) is 5.24. The van der Waals surface area contributed by atoms with Gasteiger partial charge < -0.3 is 4.90 Å². The summed E-state index contributed by atoms with van der Waals surface area (Å²) in [6.45, 7) is 4.79. The maximum Gasteiger partial charge on any atom is 0.0654 e. The molecule has 0 amide bonds. The standard InChI is InChI=1S/C16H16BrCl2N3/c17-12-1-3-14(20-10-12)11-21-5-7-22(8-6-21)16-4-2-13(18)9-15(16)19/h1-4,9-10H,5-8,11H2. The summed E-state index contributed by atoms with van der Waals surface area (Å²) < 4.78 is 1.01. The Morgan fingerprint density at radius 2 is 1.82 bits per heavy atom. The number of rotatable bonds is 3. The zero-order valence-corrected chi connectivity index (χ0v) is 15.1. The summed E-state index contributed by atoms with van der Waals surface area (Å²) in [5.74, 6) is 0. The second kappa shape index (κ2) is 7.18. The van der Waals surface area contributed by atoms with Crippen molar-refractivity contribution >= 4 is 44.8 Å². The van der Waals surface area contributed by atoms with Gasteiger partial charge in [0.1, 0.15) is 0 Å². The Bertz CT molecular complexity index is 640. The van der Waals surface area contributed by atoms with Gasteiger partial charge in [-0.25, -0.2) is 0 Å². The van der Waals surface area contributed by atoms with Crippen LogP contribution in [0.25, 0.3) is 0 Å². The molecular formula is C16H16BrCl2N3. The van der Waals surface area contributed by atoms with Crippen molar-refractivity contribution in [2.24, 2.45) is 0 Å². The molecule has 1 saturated heterocycles. The molecule has 0 radical (unpaired) electrons. The lowest BCUT2D eigenvalue weighted by molar-refractivity contribution is 0.247. The predicted molar refractivity (Wildman–Crippen MR) is 95.9 cm³/mol. The topological polar surface area (TPSA) is 19.4 Å². The van der Waals surface area contributed by atoms with Crippen LogP contribution in [0, 0.1) is 0 Å². The van der Waals surface area contributed by atoms with Crippen LogP contribution in [-0.4, -0.2) is 36.1 Å². The van der Waals surface area contributed by atoms with Crippen LogP contribution in [0.15, 0.2) is 41.0 Å². The molecule has 0 unspecified atom stereocenters. The minimum atomic E-state index is 0.675. The van der Waals surface area contributed by atoms with E-state index in [1.54, 1.807) is 6.07 Å². The largest absolute Gasteiger partial charge is 0.368 e. The van der Waals surface area contributed by atoms with Gasteiger partial charge in [0.25, 0.3) is 0 Å². The number of hydrogen-bond donors (Lipinski definition) is 0. The van der Waals surface area contributed by atoms with Crippen LogP contribution in [-0.2, 0) is 6.54 Å². The molecule has 116 valence electrons. The summed E-state index contributed by atoms with van der Waals surface area (Å²) >= 11 is 15.7. The highest BCUT2D eigenvalue weighted by Gasteiger charge is 2.19. The number of piperazine rings is 1. The van der Waals surface area contributed by atoms with E-state index >= 15 is 0 Å². The van der Waals surface area contributed by atoms with E-state index in [4.69, 9.17) is 23.2 Å². The molecule has 1 aromatic heterocycles. The third-order valence-corrected chi connectivity index (χ3v) is 4.80.